The molecule has 1 aromatic rings. The molecule has 9 heteroatoms. The summed E-state index contributed by atoms with van der Waals surface area (Å²) in [7, 11) is 0. The van der Waals surface area contributed by atoms with E-state index < -0.39 is 29.3 Å². The Balaban J connectivity index is 1.94. The van der Waals surface area contributed by atoms with E-state index in [0.29, 0.717) is 31.9 Å². The third-order valence-electron chi connectivity index (χ3n) is 4.26. The van der Waals surface area contributed by atoms with E-state index >= 15 is 0 Å². The highest BCUT2D eigenvalue weighted by atomic mass is 19.1. The molecule has 1 aliphatic rings. The van der Waals surface area contributed by atoms with Crippen LogP contribution < -0.4 is 10.2 Å². The number of anilines is 2. The number of carbonyl (C=O) groups is 2. The minimum atomic E-state index is -0.738. The summed E-state index contributed by atoms with van der Waals surface area (Å²) in [5.41, 5.74) is -0.443. The summed E-state index contributed by atoms with van der Waals surface area (Å²) in [5.74, 6) is -1.91. The number of amides is 1. The molecule has 0 unspecified atom stereocenters. The van der Waals surface area contributed by atoms with Crippen LogP contribution in [0.25, 0.3) is 0 Å². The predicted octanol–water partition coefficient (Wildman–Crippen LogP) is 3.39. The Morgan fingerprint density at radius 3 is 2.21 bits per heavy atom. The highest BCUT2D eigenvalue weighted by Gasteiger charge is 2.26. The second kappa shape index (κ2) is 9.76. The first-order valence-electron chi connectivity index (χ1n) is 9.72. The lowest BCUT2D eigenvalue weighted by molar-refractivity contribution is -0.142. The summed E-state index contributed by atoms with van der Waals surface area (Å²) in [6.45, 7) is 9.10. The van der Waals surface area contributed by atoms with Crippen LogP contribution in [0.4, 0.5) is 25.0 Å². The van der Waals surface area contributed by atoms with Crippen LogP contribution in [0.2, 0.25) is 0 Å². The van der Waals surface area contributed by atoms with Crippen molar-refractivity contribution in [2.45, 2.75) is 39.7 Å². The number of nitrogens with zero attached hydrogens (tertiary/aromatic N) is 2. The van der Waals surface area contributed by atoms with Crippen LogP contribution in [0.1, 0.15) is 34.1 Å². The minimum Gasteiger partial charge on any atom is -0.466 e. The zero-order valence-corrected chi connectivity index (χ0v) is 17.4. The second-order valence-electron chi connectivity index (χ2n) is 7.72. The van der Waals surface area contributed by atoms with E-state index in [4.69, 9.17) is 9.47 Å². The van der Waals surface area contributed by atoms with Gasteiger partial charge in [-0.15, -0.1) is 0 Å². The summed E-state index contributed by atoms with van der Waals surface area (Å²) in [5, 5.41) is 2.61. The first kappa shape index (κ1) is 22.7. The minimum absolute atomic E-state index is 0.0150. The average molecular weight is 413 g/mol. The second-order valence-corrected chi connectivity index (χ2v) is 7.72. The Hall–Kier alpha value is -2.58. The molecule has 1 aromatic carbocycles. The molecule has 2 rings (SSSR count). The van der Waals surface area contributed by atoms with Gasteiger partial charge in [0.25, 0.3) is 0 Å². The van der Waals surface area contributed by atoms with Crippen molar-refractivity contribution < 1.29 is 27.8 Å². The molecule has 0 spiro atoms. The van der Waals surface area contributed by atoms with E-state index in [-0.39, 0.29) is 25.3 Å². The summed E-state index contributed by atoms with van der Waals surface area (Å²) in [6.07, 6.45) is -0.378. The highest BCUT2D eigenvalue weighted by molar-refractivity contribution is 5.70. The monoisotopic (exact) mass is 413 g/mol. The third-order valence-corrected chi connectivity index (χ3v) is 4.26. The number of halogens is 2. The van der Waals surface area contributed by atoms with Crippen molar-refractivity contribution in [2.24, 2.45) is 0 Å². The zero-order valence-electron chi connectivity index (χ0n) is 17.4. The molecule has 7 nitrogen and oxygen atoms in total. The van der Waals surface area contributed by atoms with Crippen molar-refractivity contribution in [1.29, 1.82) is 0 Å². The van der Waals surface area contributed by atoms with Crippen molar-refractivity contribution in [1.82, 2.24) is 4.90 Å². The third kappa shape index (κ3) is 6.76. The van der Waals surface area contributed by atoms with E-state index in [9.17, 15) is 18.4 Å². The van der Waals surface area contributed by atoms with Gasteiger partial charge in [0.15, 0.2) is 11.6 Å². The zero-order chi connectivity index (χ0) is 21.6. The molecule has 1 N–H and O–H groups in total. The van der Waals surface area contributed by atoms with E-state index in [1.165, 1.54) is 12.1 Å². The summed E-state index contributed by atoms with van der Waals surface area (Å²) < 4.78 is 38.9. The maximum atomic E-state index is 14.4. The van der Waals surface area contributed by atoms with Gasteiger partial charge in [-0.05, 0) is 39.8 Å². The van der Waals surface area contributed by atoms with Crippen molar-refractivity contribution in [3.8, 4) is 0 Å². The Morgan fingerprint density at radius 2 is 1.69 bits per heavy atom. The molecular formula is C20H29F2N3O4. The molecule has 1 heterocycles. The lowest BCUT2D eigenvalue weighted by Gasteiger charge is -2.36. The Morgan fingerprint density at radius 1 is 1.10 bits per heavy atom. The van der Waals surface area contributed by atoms with Gasteiger partial charge in [-0.1, -0.05) is 0 Å². The van der Waals surface area contributed by atoms with Gasteiger partial charge in [-0.25, -0.2) is 13.6 Å². The average Bonchev–Trinajstić information content (AvgIpc) is 2.63. The van der Waals surface area contributed by atoms with Gasteiger partial charge in [-0.3, -0.25) is 4.79 Å². The molecule has 0 saturated carbocycles. The molecule has 1 saturated heterocycles. The van der Waals surface area contributed by atoms with Crippen LogP contribution in [0.3, 0.4) is 0 Å². The van der Waals surface area contributed by atoms with Crippen LogP contribution in [0.15, 0.2) is 12.1 Å². The Bertz CT molecular complexity index is 706. The standard InChI is InChI=1S/C20H29F2N3O4/c1-5-28-17(26)6-7-23-18-15(21)12-14(13-16(18)22)24-8-10-25(11-9-24)19(27)29-20(2,3)4/h12-13,23H,5-11H2,1-4H3. The fraction of sp³-hybridized carbons (Fsp3) is 0.600. The van der Waals surface area contributed by atoms with Gasteiger partial charge in [0.1, 0.15) is 11.3 Å². The molecule has 162 valence electrons. The Kier molecular flexibility index (Phi) is 7.64. The van der Waals surface area contributed by atoms with Gasteiger partial charge < -0.3 is 24.6 Å². The number of hydrogen-bond donors (Lipinski definition) is 1. The fourth-order valence-electron chi connectivity index (χ4n) is 2.91. The Labute approximate surface area is 169 Å². The summed E-state index contributed by atoms with van der Waals surface area (Å²) in [4.78, 5) is 26.8. The van der Waals surface area contributed by atoms with Gasteiger partial charge in [0, 0.05) is 38.4 Å². The molecule has 0 aromatic heterocycles. The van der Waals surface area contributed by atoms with Gasteiger partial charge >= 0.3 is 12.1 Å². The van der Waals surface area contributed by atoms with Crippen LogP contribution in [0, 0.1) is 11.6 Å². The van der Waals surface area contributed by atoms with Gasteiger partial charge in [0.05, 0.1) is 13.0 Å². The number of nitrogens with one attached hydrogen (secondary N) is 1. The van der Waals surface area contributed by atoms with Crippen LogP contribution in [-0.2, 0) is 14.3 Å². The largest absolute Gasteiger partial charge is 0.466 e. The number of carbonyl (C=O) groups excluding carboxylic acids is 2. The molecule has 0 radical (unpaired) electrons. The molecule has 1 amide bonds. The quantitative estimate of drug-likeness (QED) is 0.721. The van der Waals surface area contributed by atoms with E-state index in [2.05, 4.69) is 5.32 Å². The molecule has 29 heavy (non-hydrogen) atoms. The van der Waals surface area contributed by atoms with Crippen molar-refractivity contribution in [2.75, 3.05) is 49.5 Å². The molecular weight excluding hydrogens is 384 g/mol. The number of rotatable bonds is 6. The molecule has 0 aliphatic carbocycles. The van der Waals surface area contributed by atoms with Crippen molar-refractivity contribution in [3.63, 3.8) is 0 Å². The first-order chi connectivity index (χ1) is 13.6. The fourth-order valence-corrected chi connectivity index (χ4v) is 2.91. The van der Waals surface area contributed by atoms with E-state index in [0.717, 1.165) is 0 Å². The smallest absolute Gasteiger partial charge is 0.410 e. The SMILES string of the molecule is CCOC(=O)CCNc1c(F)cc(N2CCN(C(=O)OC(C)(C)C)CC2)cc1F. The normalized spacial score (nSPS) is 14.6. The number of ether oxygens (including phenoxy) is 2. The van der Waals surface area contributed by atoms with E-state index in [1.807, 2.05) is 4.90 Å². The molecule has 0 atom stereocenters. The maximum absolute atomic E-state index is 14.4. The molecule has 1 aliphatic heterocycles. The first-order valence-corrected chi connectivity index (χ1v) is 9.72. The number of esters is 1. The van der Waals surface area contributed by atoms with Gasteiger partial charge in [0.2, 0.25) is 0 Å². The maximum Gasteiger partial charge on any atom is 0.410 e. The van der Waals surface area contributed by atoms with Crippen LogP contribution >= 0.6 is 0 Å². The van der Waals surface area contributed by atoms with Gasteiger partial charge in [-0.2, -0.15) is 0 Å². The van der Waals surface area contributed by atoms with Crippen LogP contribution in [0.5, 0.6) is 0 Å². The topological polar surface area (TPSA) is 71.1 Å². The number of piperazine rings is 1. The van der Waals surface area contributed by atoms with Crippen molar-refractivity contribution in [3.05, 3.63) is 23.8 Å². The summed E-state index contributed by atoms with van der Waals surface area (Å²) in [6, 6.07) is 2.50. The lowest BCUT2D eigenvalue weighted by Crippen LogP contribution is -2.50. The molecule has 1 fully saturated rings. The predicted molar refractivity (Wildman–Crippen MR) is 106 cm³/mol. The number of benzene rings is 1. The lowest BCUT2D eigenvalue weighted by atomic mass is 10.2. The summed E-state index contributed by atoms with van der Waals surface area (Å²) >= 11 is 0. The number of hydrogen-bond acceptors (Lipinski definition) is 6. The van der Waals surface area contributed by atoms with E-state index in [1.54, 1.807) is 32.6 Å². The highest BCUT2D eigenvalue weighted by Crippen LogP contribution is 2.27. The van der Waals surface area contributed by atoms with Crippen LogP contribution in [-0.4, -0.2) is 61.9 Å². The van der Waals surface area contributed by atoms with Crippen molar-refractivity contribution >= 4 is 23.4 Å². The molecule has 0 bridgehead atoms.